The highest BCUT2D eigenvalue weighted by Crippen LogP contribution is 2.23. The number of sulfonamides is 1. The summed E-state index contributed by atoms with van der Waals surface area (Å²) in [5, 5.41) is 2.54. The lowest BCUT2D eigenvalue weighted by molar-refractivity contribution is -0.117. The van der Waals surface area contributed by atoms with Crippen molar-refractivity contribution in [3.05, 3.63) is 59.9 Å². The van der Waals surface area contributed by atoms with Crippen LogP contribution in [0.4, 0.5) is 10.1 Å². The number of carbonyl (C=O) groups excluding carboxylic acids is 1. The average molecular weight is 378 g/mol. The zero-order valence-electron chi connectivity index (χ0n) is 15.2. The Bertz CT molecular complexity index is 870. The van der Waals surface area contributed by atoms with Crippen LogP contribution in [-0.2, 0) is 20.2 Å². The first-order valence-corrected chi connectivity index (χ1v) is 9.67. The molecular formula is C19H23FN2O3S. The summed E-state index contributed by atoms with van der Waals surface area (Å²) >= 11 is 0. The van der Waals surface area contributed by atoms with E-state index in [2.05, 4.69) is 10.0 Å². The summed E-state index contributed by atoms with van der Waals surface area (Å²) in [4.78, 5) is 12.2. The fourth-order valence-electron chi connectivity index (χ4n) is 2.27. The number of benzene rings is 2. The normalized spacial score (nSPS) is 13.3. The van der Waals surface area contributed by atoms with Gasteiger partial charge in [-0.05, 0) is 54.3 Å². The second-order valence-electron chi connectivity index (χ2n) is 7.11. The van der Waals surface area contributed by atoms with Gasteiger partial charge in [-0.15, -0.1) is 0 Å². The van der Waals surface area contributed by atoms with Crippen LogP contribution in [0, 0.1) is 5.82 Å². The first-order chi connectivity index (χ1) is 12.0. The third kappa shape index (κ3) is 5.12. The molecule has 2 aromatic rings. The summed E-state index contributed by atoms with van der Waals surface area (Å²) in [5.41, 5.74) is 1.31. The van der Waals surface area contributed by atoms with Gasteiger partial charge in [0.25, 0.3) is 0 Å². The summed E-state index contributed by atoms with van der Waals surface area (Å²) in [6.45, 7) is 7.56. The van der Waals surface area contributed by atoms with Crippen molar-refractivity contribution in [3.8, 4) is 0 Å². The molecule has 0 aliphatic heterocycles. The van der Waals surface area contributed by atoms with Crippen LogP contribution in [0.1, 0.15) is 33.3 Å². The van der Waals surface area contributed by atoms with Crippen molar-refractivity contribution in [1.29, 1.82) is 0 Å². The minimum atomic E-state index is -3.84. The molecule has 1 amide bonds. The molecule has 2 N–H and O–H groups in total. The second-order valence-corrected chi connectivity index (χ2v) is 8.83. The smallest absolute Gasteiger partial charge is 0.242 e. The second kappa shape index (κ2) is 7.55. The van der Waals surface area contributed by atoms with Crippen molar-refractivity contribution >= 4 is 21.6 Å². The molecule has 26 heavy (non-hydrogen) atoms. The predicted molar refractivity (Wildman–Crippen MR) is 100.0 cm³/mol. The van der Waals surface area contributed by atoms with Crippen molar-refractivity contribution < 1.29 is 17.6 Å². The van der Waals surface area contributed by atoms with Crippen LogP contribution in [0.25, 0.3) is 0 Å². The van der Waals surface area contributed by atoms with Crippen LogP contribution in [0.3, 0.4) is 0 Å². The summed E-state index contributed by atoms with van der Waals surface area (Å²) < 4.78 is 40.2. The van der Waals surface area contributed by atoms with E-state index in [0.29, 0.717) is 5.69 Å². The third-order valence-electron chi connectivity index (χ3n) is 3.87. The van der Waals surface area contributed by atoms with Gasteiger partial charge in [-0.25, -0.2) is 12.8 Å². The maximum Gasteiger partial charge on any atom is 0.242 e. The van der Waals surface area contributed by atoms with Crippen molar-refractivity contribution in [2.24, 2.45) is 0 Å². The molecular weight excluding hydrogens is 355 g/mol. The number of carbonyl (C=O) groups is 1. The molecule has 0 aromatic heterocycles. The molecule has 2 aromatic carbocycles. The Morgan fingerprint density at radius 3 is 2.04 bits per heavy atom. The summed E-state index contributed by atoms with van der Waals surface area (Å²) in [6.07, 6.45) is 0. The van der Waals surface area contributed by atoms with Gasteiger partial charge in [0.2, 0.25) is 15.9 Å². The number of anilines is 1. The fourth-order valence-corrected chi connectivity index (χ4v) is 3.48. The highest BCUT2D eigenvalue weighted by molar-refractivity contribution is 7.89. The van der Waals surface area contributed by atoms with Crippen molar-refractivity contribution in [2.45, 2.75) is 44.0 Å². The average Bonchev–Trinajstić information content (AvgIpc) is 2.56. The van der Waals surface area contributed by atoms with Crippen molar-refractivity contribution in [1.82, 2.24) is 4.72 Å². The molecule has 0 aliphatic carbocycles. The van der Waals surface area contributed by atoms with Gasteiger partial charge in [0.15, 0.2) is 0 Å². The number of rotatable bonds is 5. The number of nitrogens with one attached hydrogen (secondary N) is 2. The number of hydrogen-bond donors (Lipinski definition) is 2. The molecule has 0 fully saturated rings. The summed E-state index contributed by atoms with van der Waals surface area (Å²) in [5.74, 6) is -0.957. The van der Waals surface area contributed by atoms with Crippen molar-refractivity contribution in [2.75, 3.05) is 5.32 Å². The number of amides is 1. The Morgan fingerprint density at radius 1 is 1.00 bits per heavy atom. The number of hydrogen-bond acceptors (Lipinski definition) is 3. The van der Waals surface area contributed by atoms with Crippen LogP contribution in [0.5, 0.6) is 0 Å². The van der Waals surface area contributed by atoms with Gasteiger partial charge >= 0.3 is 0 Å². The van der Waals surface area contributed by atoms with Gasteiger partial charge in [0, 0.05) is 5.69 Å². The van der Waals surface area contributed by atoms with E-state index in [-0.39, 0.29) is 10.3 Å². The standard InChI is InChI=1S/C19H23FN2O3S/c1-13(18(23)21-16-9-7-15(20)8-10-16)22-26(24,25)17-11-5-14(6-12-17)19(2,3)4/h5-13,22H,1-4H3,(H,21,23)/t13-/m0/s1. The van der Waals surface area contributed by atoms with E-state index < -0.39 is 27.8 Å². The molecule has 0 saturated carbocycles. The predicted octanol–water partition coefficient (Wildman–Crippen LogP) is 3.43. The molecule has 0 bridgehead atoms. The Balaban J connectivity index is 2.07. The fraction of sp³-hybridized carbons (Fsp3) is 0.316. The first-order valence-electron chi connectivity index (χ1n) is 8.18. The van der Waals surface area contributed by atoms with Crippen LogP contribution in [-0.4, -0.2) is 20.4 Å². The van der Waals surface area contributed by atoms with Gasteiger partial charge < -0.3 is 5.32 Å². The van der Waals surface area contributed by atoms with E-state index in [1.807, 2.05) is 20.8 Å². The lowest BCUT2D eigenvalue weighted by Gasteiger charge is -2.19. The molecule has 0 aliphatic rings. The van der Waals surface area contributed by atoms with Crippen LogP contribution < -0.4 is 10.0 Å². The molecule has 1 atom stereocenters. The summed E-state index contributed by atoms with van der Waals surface area (Å²) in [7, 11) is -3.84. The molecule has 5 nitrogen and oxygen atoms in total. The quantitative estimate of drug-likeness (QED) is 0.837. The molecule has 2 rings (SSSR count). The highest BCUT2D eigenvalue weighted by atomic mass is 32.2. The highest BCUT2D eigenvalue weighted by Gasteiger charge is 2.23. The van der Waals surface area contributed by atoms with Crippen molar-refractivity contribution in [3.63, 3.8) is 0 Å². The molecule has 0 radical (unpaired) electrons. The minimum absolute atomic E-state index is 0.0853. The van der Waals surface area contributed by atoms with Crippen LogP contribution in [0.2, 0.25) is 0 Å². The summed E-state index contributed by atoms with van der Waals surface area (Å²) in [6, 6.07) is 10.8. The van der Waals surface area contributed by atoms with Crippen LogP contribution >= 0.6 is 0 Å². The van der Waals surface area contributed by atoms with E-state index in [0.717, 1.165) is 5.56 Å². The maximum atomic E-state index is 12.9. The largest absolute Gasteiger partial charge is 0.325 e. The molecule has 140 valence electrons. The molecule has 0 heterocycles. The third-order valence-corrected chi connectivity index (χ3v) is 5.42. The molecule has 7 heteroatoms. The van der Waals surface area contributed by atoms with E-state index in [1.54, 1.807) is 12.1 Å². The molecule has 0 saturated heterocycles. The Hall–Kier alpha value is -2.25. The SMILES string of the molecule is C[C@H](NS(=O)(=O)c1ccc(C(C)(C)C)cc1)C(=O)Nc1ccc(F)cc1. The molecule has 0 spiro atoms. The van der Waals surface area contributed by atoms with Gasteiger partial charge in [-0.1, -0.05) is 32.9 Å². The lowest BCUT2D eigenvalue weighted by Crippen LogP contribution is -2.41. The Morgan fingerprint density at radius 2 is 1.54 bits per heavy atom. The maximum absolute atomic E-state index is 12.9. The topological polar surface area (TPSA) is 75.3 Å². The number of halogens is 1. The lowest BCUT2D eigenvalue weighted by atomic mass is 9.87. The van der Waals surface area contributed by atoms with E-state index in [4.69, 9.17) is 0 Å². The van der Waals surface area contributed by atoms with E-state index in [9.17, 15) is 17.6 Å². The monoisotopic (exact) mass is 378 g/mol. The minimum Gasteiger partial charge on any atom is -0.325 e. The molecule has 0 unspecified atom stereocenters. The van der Waals surface area contributed by atoms with Gasteiger partial charge in [-0.2, -0.15) is 4.72 Å². The Kier molecular flexibility index (Phi) is 5.83. The zero-order valence-corrected chi connectivity index (χ0v) is 16.0. The van der Waals surface area contributed by atoms with Gasteiger partial charge in [0.05, 0.1) is 10.9 Å². The van der Waals surface area contributed by atoms with E-state index >= 15 is 0 Å². The van der Waals surface area contributed by atoms with Crippen LogP contribution in [0.15, 0.2) is 53.4 Å². The first kappa shape index (κ1) is 20.1. The van der Waals surface area contributed by atoms with Gasteiger partial charge in [0.1, 0.15) is 5.82 Å². The zero-order chi connectivity index (χ0) is 19.5. The van der Waals surface area contributed by atoms with E-state index in [1.165, 1.54) is 43.3 Å². The Labute approximate surface area is 153 Å². The van der Waals surface area contributed by atoms with Gasteiger partial charge in [-0.3, -0.25) is 4.79 Å².